The molecule has 2 fully saturated rings. The Hall–Kier alpha value is -0.120. The highest BCUT2D eigenvalue weighted by Gasteiger charge is 2.59. The second-order valence-corrected chi connectivity index (χ2v) is 7.33. The average molecular weight is 256 g/mol. The van der Waals surface area contributed by atoms with Crippen LogP contribution in [-0.4, -0.2) is 33.1 Å². The standard InChI is InChI=1S/C15H28O3/c1-9(2)10-5-7-14(3)11(16)6-8-15(4,18)13(14)12(10)17/h9-13,16-18H,5-8H2,1-4H3/t10?,11?,12?,13?,14-,15-/m0/s1. The van der Waals surface area contributed by atoms with Crippen LogP contribution in [0.15, 0.2) is 0 Å². The molecule has 6 atom stereocenters. The third-order valence-corrected chi connectivity index (χ3v) is 5.72. The fraction of sp³-hybridized carbons (Fsp3) is 1.00. The molecule has 0 heterocycles. The van der Waals surface area contributed by atoms with Gasteiger partial charge >= 0.3 is 0 Å². The van der Waals surface area contributed by atoms with E-state index in [0.717, 1.165) is 12.8 Å². The van der Waals surface area contributed by atoms with Gasteiger partial charge in [0.2, 0.25) is 0 Å². The van der Waals surface area contributed by atoms with Gasteiger partial charge in [-0.25, -0.2) is 0 Å². The summed E-state index contributed by atoms with van der Waals surface area (Å²) in [7, 11) is 0. The van der Waals surface area contributed by atoms with E-state index in [2.05, 4.69) is 13.8 Å². The van der Waals surface area contributed by atoms with E-state index in [-0.39, 0.29) is 17.3 Å². The van der Waals surface area contributed by atoms with E-state index in [9.17, 15) is 15.3 Å². The zero-order valence-corrected chi connectivity index (χ0v) is 12.1. The highest BCUT2D eigenvalue weighted by Crippen LogP contribution is 2.56. The quantitative estimate of drug-likeness (QED) is 0.672. The van der Waals surface area contributed by atoms with Gasteiger partial charge in [-0.2, -0.15) is 0 Å². The van der Waals surface area contributed by atoms with Gasteiger partial charge < -0.3 is 15.3 Å². The van der Waals surface area contributed by atoms with Gasteiger partial charge in [-0.05, 0) is 44.4 Å². The minimum atomic E-state index is -0.860. The molecular weight excluding hydrogens is 228 g/mol. The van der Waals surface area contributed by atoms with Crippen molar-refractivity contribution in [1.29, 1.82) is 0 Å². The van der Waals surface area contributed by atoms with Crippen molar-refractivity contribution >= 4 is 0 Å². The van der Waals surface area contributed by atoms with Crippen molar-refractivity contribution in [1.82, 2.24) is 0 Å². The summed E-state index contributed by atoms with van der Waals surface area (Å²) in [5.41, 5.74) is -1.20. The predicted molar refractivity (Wildman–Crippen MR) is 71.0 cm³/mol. The zero-order chi connectivity index (χ0) is 13.7. The van der Waals surface area contributed by atoms with Crippen LogP contribution in [0.5, 0.6) is 0 Å². The number of aliphatic hydroxyl groups is 3. The van der Waals surface area contributed by atoms with E-state index >= 15 is 0 Å². The Kier molecular flexibility index (Phi) is 3.54. The highest BCUT2D eigenvalue weighted by atomic mass is 16.3. The molecular formula is C15H28O3. The van der Waals surface area contributed by atoms with E-state index < -0.39 is 17.8 Å². The minimum absolute atomic E-state index is 0.213. The number of fused-ring (bicyclic) bond motifs is 1. The number of hydrogen-bond acceptors (Lipinski definition) is 3. The van der Waals surface area contributed by atoms with Gasteiger partial charge in [0, 0.05) is 11.3 Å². The Labute approximate surface area is 110 Å². The van der Waals surface area contributed by atoms with Gasteiger partial charge in [0.15, 0.2) is 0 Å². The van der Waals surface area contributed by atoms with Gasteiger partial charge in [0.25, 0.3) is 0 Å². The molecule has 3 heteroatoms. The highest BCUT2D eigenvalue weighted by molar-refractivity contribution is 5.08. The predicted octanol–water partition coefficient (Wildman–Crippen LogP) is 1.94. The second-order valence-electron chi connectivity index (χ2n) is 7.33. The fourth-order valence-electron chi connectivity index (χ4n) is 4.54. The van der Waals surface area contributed by atoms with Crippen LogP contribution in [0.3, 0.4) is 0 Å². The average Bonchev–Trinajstić information content (AvgIpc) is 2.23. The molecule has 0 spiro atoms. The van der Waals surface area contributed by atoms with E-state index in [0.29, 0.717) is 18.8 Å². The Morgan fingerprint density at radius 1 is 1.06 bits per heavy atom. The Bertz CT molecular complexity index is 313. The smallest absolute Gasteiger partial charge is 0.0679 e. The molecule has 0 bridgehead atoms. The molecule has 2 saturated carbocycles. The lowest BCUT2D eigenvalue weighted by Gasteiger charge is -2.58. The number of aliphatic hydroxyl groups excluding tert-OH is 2. The first kappa shape index (κ1) is 14.3. The molecule has 0 radical (unpaired) electrons. The summed E-state index contributed by atoms with van der Waals surface area (Å²) in [6.07, 6.45) is 2.16. The SMILES string of the molecule is CC(C)C1CC[C@@]2(C)C(O)CC[C@](C)(O)C2C1O. The molecule has 2 rings (SSSR count). The summed E-state index contributed by atoms with van der Waals surface area (Å²) in [6, 6.07) is 0. The van der Waals surface area contributed by atoms with Crippen molar-refractivity contribution < 1.29 is 15.3 Å². The molecule has 0 aromatic heterocycles. The van der Waals surface area contributed by atoms with Crippen molar-refractivity contribution in [2.75, 3.05) is 0 Å². The Morgan fingerprint density at radius 2 is 1.67 bits per heavy atom. The molecule has 4 unspecified atom stereocenters. The lowest BCUT2D eigenvalue weighted by atomic mass is 9.50. The van der Waals surface area contributed by atoms with E-state index in [1.807, 2.05) is 13.8 Å². The maximum absolute atomic E-state index is 10.7. The van der Waals surface area contributed by atoms with Gasteiger partial charge in [-0.15, -0.1) is 0 Å². The van der Waals surface area contributed by atoms with E-state index in [1.54, 1.807) is 0 Å². The summed E-state index contributed by atoms with van der Waals surface area (Å²) < 4.78 is 0. The summed E-state index contributed by atoms with van der Waals surface area (Å²) >= 11 is 0. The van der Waals surface area contributed by atoms with Gasteiger partial charge in [0.1, 0.15) is 0 Å². The van der Waals surface area contributed by atoms with Crippen LogP contribution in [0.4, 0.5) is 0 Å². The number of rotatable bonds is 1. The minimum Gasteiger partial charge on any atom is -0.393 e. The molecule has 0 saturated heterocycles. The van der Waals surface area contributed by atoms with Crippen molar-refractivity contribution in [2.24, 2.45) is 23.2 Å². The third kappa shape index (κ3) is 2.00. The van der Waals surface area contributed by atoms with Gasteiger partial charge in [-0.1, -0.05) is 20.8 Å². The molecule has 18 heavy (non-hydrogen) atoms. The summed E-state index contributed by atoms with van der Waals surface area (Å²) in [6.45, 7) is 8.12. The summed E-state index contributed by atoms with van der Waals surface area (Å²) in [5.74, 6) is 0.439. The normalized spacial score (nSPS) is 53.3. The van der Waals surface area contributed by atoms with Crippen molar-refractivity contribution in [2.45, 2.75) is 71.2 Å². The molecule has 106 valence electrons. The van der Waals surface area contributed by atoms with Crippen LogP contribution >= 0.6 is 0 Å². The van der Waals surface area contributed by atoms with Crippen molar-refractivity contribution in [3.8, 4) is 0 Å². The number of hydrogen-bond donors (Lipinski definition) is 3. The van der Waals surface area contributed by atoms with Gasteiger partial charge in [-0.3, -0.25) is 0 Å². The topological polar surface area (TPSA) is 60.7 Å². The molecule has 0 aromatic rings. The molecule has 0 aromatic carbocycles. The maximum Gasteiger partial charge on any atom is 0.0679 e. The van der Waals surface area contributed by atoms with E-state index in [1.165, 1.54) is 0 Å². The van der Waals surface area contributed by atoms with Crippen LogP contribution < -0.4 is 0 Å². The third-order valence-electron chi connectivity index (χ3n) is 5.72. The molecule has 3 N–H and O–H groups in total. The monoisotopic (exact) mass is 256 g/mol. The van der Waals surface area contributed by atoms with Crippen LogP contribution in [-0.2, 0) is 0 Å². The first-order valence-corrected chi connectivity index (χ1v) is 7.28. The molecule has 2 aliphatic rings. The van der Waals surface area contributed by atoms with Crippen LogP contribution in [0, 0.1) is 23.2 Å². The fourth-order valence-corrected chi connectivity index (χ4v) is 4.54. The van der Waals surface area contributed by atoms with Crippen molar-refractivity contribution in [3.63, 3.8) is 0 Å². The van der Waals surface area contributed by atoms with Crippen LogP contribution in [0.2, 0.25) is 0 Å². The van der Waals surface area contributed by atoms with Gasteiger partial charge in [0.05, 0.1) is 17.8 Å². The van der Waals surface area contributed by atoms with E-state index in [4.69, 9.17) is 0 Å². The molecule has 0 aliphatic heterocycles. The van der Waals surface area contributed by atoms with Crippen molar-refractivity contribution in [3.05, 3.63) is 0 Å². The lowest BCUT2D eigenvalue weighted by Crippen LogP contribution is -2.63. The summed E-state index contributed by atoms with van der Waals surface area (Å²) in [4.78, 5) is 0. The first-order valence-electron chi connectivity index (χ1n) is 7.28. The Morgan fingerprint density at radius 3 is 2.22 bits per heavy atom. The molecule has 2 aliphatic carbocycles. The lowest BCUT2D eigenvalue weighted by molar-refractivity contribution is -0.219. The maximum atomic E-state index is 10.7. The van der Waals surface area contributed by atoms with Crippen LogP contribution in [0.1, 0.15) is 53.4 Å². The first-order chi connectivity index (χ1) is 8.20. The summed E-state index contributed by atoms with van der Waals surface area (Å²) in [5, 5.41) is 31.6. The molecule has 3 nitrogen and oxygen atoms in total. The second kappa shape index (κ2) is 4.46. The van der Waals surface area contributed by atoms with Crippen LogP contribution in [0.25, 0.3) is 0 Å². The molecule has 0 amide bonds. The largest absolute Gasteiger partial charge is 0.393 e. The zero-order valence-electron chi connectivity index (χ0n) is 12.1. The Balaban J connectivity index is 2.35.